The van der Waals surface area contributed by atoms with Gasteiger partial charge in [-0.05, 0) is 11.6 Å². The van der Waals surface area contributed by atoms with Gasteiger partial charge in [-0.3, -0.25) is 14.7 Å². The quantitative estimate of drug-likeness (QED) is 0.846. The van der Waals surface area contributed by atoms with E-state index in [0.717, 1.165) is 5.39 Å². The van der Waals surface area contributed by atoms with Crippen LogP contribution in [-0.4, -0.2) is 60.7 Å². The molecule has 8 heteroatoms. The number of pyridine rings is 1. The molecule has 0 radical (unpaired) electrons. The van der Waals surface area contributed by atoms with Gasteiger partial charge in [-0.25, -0.2) is 0 Å². The lowest BCUT2D eigenvalue weighted by molar-refractivity contribution is -0.184. The number of para-hydroxylation sites is 1. The number of piperazine rings is 1. The highest BCUT2D eigenvalue weighted by atomic mass is 19.4. The van der Waals surface area contributed by atoms with E-state index in [-0.39, 0.29) is 6.42 Å². The van der Waals surface area contributed by atoms with E-state index in [0.29, 0.717) is 37.3 Å². The molecule has 26 heavy (non-hydrogen) atoms. The molecule has 140 valence electrons. The molecule has 0 aliphatic carbocycles. The summed E-state index contributed by atoms with van der Waals surface area (Å²) in [6.45, 7) is 1.21. The molecule has 1 aliphatic rings. The smallest absolute Gasteiger partial charge is 0.354 e. The van der Waals surface area contributed by atoms with Crippen molar-refractivity contribution in [2.24, 2.45) is 0 Å². The molecule has 1 aromatic carbocycles. The first-order valence-corrected chi connectivity index (χ1v) is 8.56. The van der Waals surface area contributed by atoms with Gasteiger partial charge < -0.3 is 10.6 Å². The summed E-state index contributed by atoms with van der Waals surface area (Å²) in [6.07, 6.45) is -2.75. The SMILES string of the molecule is O=C(Cc1cccc2cccnc12)NCC(N1CCNCC1)C(F)(F)F. The molecule has 2 heterocycles. The lowest BCUT2D eigenvalue weighted by Gasteiger charge is -2.35. The first-order valence-electron chi connectivity index (χ1n) is 8.56. The molecule has 1 unspecified atom stereocenters. The second-order valence-electron chi connectivity index (χ2n) is 6.32. The van der Waals surface area contributed by atoms with Crippen LogP contribution in [-0.2, 0) is 11.2 Å². The molecule has 1 aliphatic heterocycles. The first kappa shape index (κ1) is 18.6. The molecule has 1 saturated heterocycles. The van der Waals surface area contributed by atoms with Crippen molar-refractivity contribution in [3.63, 3.8) is 0 Å². The second-order valence-corrected chi connectivity index (χ2v) is 6.32. The standard InChI is InChI=1S/C18H21F3N4O/c19-18(20,21)15(25-9-7-22-8-10-25)12-24-16(26)11-14-4-1-3-13-5-2-6-23-17(13)14/h1-6,15,22H,7-12H2,(H,24,26). The summed E-state index contributed by atoms with van der Waals surface area (Å²) in [5.74, 6) is -0.437. The summed E-state index contributed by atoms with van der Waals surface area (Å²) >= 11 is 0. The molecule has 2 aromatic rings. The molecular formula is C18H21F3N4O. The largest absolute Gasteiger partial charge is 0.405 e. The third kappa shape index (κ3) is 4.50. The number of halogens is 3. The van der Waals surface area contributed by atoms with Crippen LogP contribution < -0.4 is 10.6 Å². The number of alkyl halides is 3. The minimum atomic E-state index is -4.38. The molecule has 1 atom stereocenters. The van der Waals surface area contributed by atoms with Crippen LogP contribution in [0.25, 0.3) is 10.9 Å². The summed E-state index contributed by atoms with van der Waals surface area (Å²) in [5, 5.41) is 6.38. The van der Waals surface area contributed by atoms with Crippen LogP contribution in [0.1, 0.15) is 5.56 Å². The summed E-state index contributed by atoms with van der Waals surface area (Å²) in [5.41, 5.74) is 1.39. The summed E-state index contributed by atoms with van der Waals surface area (Å²) < 4.78 is 40.1. The third-order valence-corrected chi connectivity index (χ3v) is 4.53. The Hall–Kier alpha value is -2.19. The van der Waals surface area contributed by atoms with Crippen LogP contribution in [0.5, 0.6) is 0 Å². The maximum Gasteiger partial charge on any atom is 0.405 e. The van der Waals surface area contributed by atoms with E-state index in [1.54, 1.807) is 18.3 Å². The number of amides is 1. The number of carbonyl (C=O) groups excluding carboxylic acids is 1. The van der Waals surface area contributed by atoms with Crippen LogP contribution in [0.4, 0.5) is 13.2 Å². The number of carbonyl (C=O) groups is 1. The number of hydrogen-bond acceptors (Lipinski definition) is 4. The molecular weight excluding hydrogens is 345 g/mol. The van der Waals surface area contributed by atoms with E-state index in [1.165, 1.54) is 4.90 Å². The van der Waals surface area contributed by atoms with Gasteiger partial charge in [0.1, 0.15) is 6.04 Å². The van der Waals surface area contributed by atoms with Crippen LogP contribution in [0.2, 0.25) is 0 Å². The lowest BCUT2D eigenvalue weighted by atomic mass is 10.1. The highest BCUT2D eigenvalue weighted by Gasteiger charge is 2.43. The van der Waals surface area contributed by atoms with Gasteiger partial charge in [0, 0.05) is 44.3 Å². The fraction of sp³-hybridized carbons (Fsp3) is 0.444. The number of aromatic nitrogens is 1. The average Bonchev–Trinajstić information content (AvgIpc) is 2.62. The number of hydrogen-bond donors (Lipinski definition) is 2. The van der Waals surface area contributed by atoms with Gasteiger partial charge in [0.05, 0.1) is 11.9 Å². The topological polar surface area (TPSA) is 57.3 Å². The van der Waals surface area contributed by atoms with Crippen molar-refractivity contribution < 1.29 is 18.0 Å². The Kier molecular flexibility index (Phi) is 5.73. The Morgan fingerprint density at radius 3 is 2.69 bits per heavy atom. The number of fused-ring (bicyclic) bond motifs is 1. The zero-order chi connectivity index (χ0) is 18.6. The monoisotopic (exact) mass is 366 g/mol. The summed E-state index contributed by atoms with van der Waals surface area (Å²) in [7, 11) is 0. The predicted molar refractivity (Wildman–Crippen MR) is 92.7 cm³/mol. The zero-order valence-corrected chi connectivity index (χ0v) is 14.2. The predicted octanol–water partition coefficient (Wildman–Crippen LogP) is 1.73. The van der Waals surface area contributed by atoms with Gasteiger partial charge >= 0.3 is 6.18 Å². The highest BCUT2D eigenvalue weighted by Crippen LogP contribution is 2.25. The molecule has 5 nitrogen and oxygen atoms in total. The van der Waals surface area contributed by atoms with Crippen molar-refractivity contribution in [1.29, 1.82) is 0 Å². The van der Waals surface area contributed by atoms with Crippen molar-refractivity contribution >= 4 is 16.8 Å². The number of nitrogens with zero attached hydrogens (tertiary/aromatic N) is 2. The second kappa shape index (κ2) is 8.01. The van der Waals surface area contributed by atoms with E-state index in [9.17, 15) is 18.0 Å². The number of rotatable bonds is 5. The van der Waals surface area contributed by atoms with E-state index in [2.05, 4.69) is 15.6 Å². The van der Waals surface area contributed by atoms with Gasteiger partial charge in [0.2, 0.25) is 5.91 Å². The van der Waals surface area contributed by atoms with E-state index in [1.807, 2.05) is 18.2 Å². The van der Waals surface area contributed by atoms with Crippen molar-refractivity contribution in [2.75, 3.05) is 32.7 Å². The van der Waals surface area contributed by atoms with Crippen LogP contribution in [0.15, 0.2) is 36.5 Å². The zero-order valence-electron chi connectivity index (χ0n) is 14.2. The Morgan fingerprint density at radius 1 is 1.23 bits per heavy atom. The highest BCUT2D eigenvalue weighted by molar-refractivity contribution is 5.87. The minimum absolute atomic E-state index is 0.000482. The van der Waals surface area contributed by atoms with Crippen LogP contribution in [0, 0.1) is 0 Å². The summed E-state index contributed by atoms with van der Waals surface area (Å²) in [4.78, 5) is 17.9. The fourth-order valence-corrected chi connectivity index (χ4v) is 3.20. The lowest BCUT2D eigenvalue weighted by Crippen LogP contribution is -2.57. The van der Waals surface area contributed by atoms with E-state index < -0.39 is 24.7 Å². The van der Waals surface area contributed by atoms with Gasteiger partial charge in [0.15, 0.2) is 0 Å². The number of nitrogens with one attached hydrogen (secondary N) is 2. The Labute approximate surface area is 149 Å². The van der Waals surface area contributed by atoms with Gasteiger partial charge in [-0.1, -0.05) is 24.3 Å². The van der Waals surface area contributed by atoms with Gasteiger partial charge in [0.25, 0.3) is 0 Å². The molecule has 0 saturated carbocycles. The van der Waals surface area contributed by atoms with E-state index >= 15 is 0 Å². The van der Waals surface area contributed by atoms with Crippen molar-refractivity contribution in [1.82, 2.24) is 20.5 Å². The molecule has 3 rings (SSSR count). The van der Waals surface area contributed by atoms with Crippen molar-refractivity contribution in [2.45, 2.75) is 18.6 Å². The Morgan fingerprint density at radius 2 is 1.96 bits per heavy atom. The summed E-state index contributed by atoms with van der Waals surface area (Å²) in [6, 6.07) is 7.48. The van der Waals surface area contributed by atoms with E-state index in [4.69, 9.17) is 0 Å². The van der Waals surface area contributed by atoms with Gasteiger partial charge in [-0.15, -0.1) is 0 Å². The molecule has 0 bridgehead atoms. The van der Waals surface area contributed by atoms with Gasteiger partial charge in [-0.2, -0.15) is 13.2 Å². The van der Waals surface area contributed by atoms with Crippen LogP contribution >= 0.6 is 0 Å². The Balaban J connectivity index is 1.64. The first-order chi connectivity index (χ1) is 12.4. The maximum absolute atomic E-state index is 13.4. The molecule has 2 N–H and O–H groups in total. The van der Waals surface area contributed by atoms with Crippen molar-refractivity contribution in [3.05, 3.63) is 42.1 Å². The Bertz CT molecular complexity index is 754. The minimum Gasteiger partial charge on any atom is -0.354 e. The normalized spacial score (nSPS) is 17.2. The number of benzene rings is 1. The maximum atomic E-state index is 13.4. The van der Waals surface area contributed by atoms with Crippen LogP contribution in [0.3, 0.4) is 0 Å². The molecule has 1 amide bonds. The fourth-order valence-electron chi connectivity index (χ4n) is 3.20. The average molecular weight is 366 g/mol. The molecule has 1 aromatic heterocycles. The third-order valence-electron chi connectivity index (χ3n) is 4.53. The molecule has 0 spiro atoms. The molecule has 1 fully saturated rings. The van der Waals surface area contributed by atoms with Crippen molar-refractivity contribution in [3.8, 4) is 0 Å².